The summed E-state index contributed by atoms with van der Waals surface area (Å²) in [7, 11) is 0. The minimum atomic E-state index is -1.29. The first kappa shape index (κ1) is 34.7. The molecule has 4 atom stereocenters. The summed E-state index contributed by atoms with van der Waals surface area (Å²) in [4.78, 5) is 27.0. The molecule has 5 heterocycles. The smallest absolute Gasteiger partial charge is 0.305 e. The number of nitrogen functional groups attached to an aromatic ring is 1. The minimum absolute atomic E-state index is 0.211. The number of ether oxygens (including phenoxy) is 5. The van der Waals surface area contributed by atoms with Crippen molar-refractivity contribution in [1.29, 1.82) is 0 Å². The van der Waals surface area contributed by atoms with Crippen molar-refractivity contribution in [3.8, 4) is 11.5 Å². The number of hydrogen-bond acceptors (Lipinski definition) is 10. The van der Waals surface area contributed by atoms with E-state index in [4.69, 9.17) is 29.4 Å². The summed E-state index contributed by atoms with van der Waals surface area (Å²) in [6.07, 6.45) is 5.44. The fraction of sp³-hybridized carbons (Fsp3) is 0.256. The monoisotopic (exact) mass is 736 g/mol. The summed E-state index contributed by atoms with van der Waals surface area (Å²) >= 11 is 0. The van der Waals surface area contributed by atoms with Crippen molar-refractivity contribution in [2.24, 2.45) is 0 Å². The van der Waals surface area contributed by atoms with Crippen molar-refractivity contribution in [3.63, 3.8) is 0 Å². The molecule has 2 saturated heterocycles. The molecule has 6 aromatic rings. The standard InChI is InChI=1S/C43H40N6O6/c1-26-16-18-27(19-17-26)21-28-22-31(35-33(23-28)52-43(55-35,29-11-6-4-7-12-29)30-13-8-5-9-14-30)40(50)45-20-10-15-32-36-37(54-42(2,3)53-36)41(51-32)49-25-48-34-38(44)46-24-47-39(34)49/h4-19,22-25,32,36-37,41H,20-21H2,1-3H3,(H,45,50)(H2,44,46,47)/t32-,36-,37-,41-/m1/s1. The first-order valence-corrected chi connectivity index (χ1v) is 18.3. The van der Waals surface area contributed by atoms with E-state index in [2.05, 4.69) is 51.5 Å². The average molecular weight is 737 g/mol. The second kappa shape index (κ2) is 13.6. The van der Waals surface area contributed by atoms with Gasteiger partial charge in [0.05, 0.1) is 11.9 Å². The van der Waals surface area contributed by atoms with Crippen LogP contribution in [0.5, 0.6) is 11.5 Å². The quantitative estimate of drug-likeness (QED) is 0.160. The van der Waals surface area contributed by atoms with Gasteiger partial charge in [-0.25, -0.2) is 15.0 Å². The molecule has 0 aliphatic carbocycles. The molecule has 12 nitrogen and oxygen atoms in total. The average Bonchev–Trinajstić information content (AvgIpc) is 3.96. The van der Waals surface area contributed by atoms with Crippen molar-refractivity contribution in [2.75, 3.05) is 12.3 Å². The number of carbonyl (C=O) groups is 1. The number of carbonyl (C=O) groups excluding carboxylic acids is 1. The Bertz CT molecular complexity index is 2360. The normalized spacial score (nSPS) is 21.9. The molecular weight excluding hydrogens is 697 g/mol. The molecule has 9 rings (SSSR count). The van der Waals surface area contributed by atoms with E-state index in [9.17, 15) is 4.79 Å². The maximum absolute atomic E-state index is 14.2. The Kier molecular flexibility index (Phi) is 8.60. The number of aromatic nitrogens is 4. The van der Waals surface area contributed by atoms with Crippen LogP contribution >= 0.6 is 0 Å². The Labute approximate surface area is 317 Å². The van der Waals surface area contributed by atoms with Crippen LogP contribution in [0.25, 0.3) is 11.2 Å². The van der Waals surface area contributed by atoms with E-state index in [1.807, 2.05) is 98.8 Å². The number of benzene rings is 4. The van der Waals surface area contributed by atoms with Crippen LogP contribution in [0.2, 0.25) is 0 Å². The highest BCUT2D eigenvalue weighted by molar-refractivity contribution is 5.98. The van der Waals surface area contributed by atoms with Crippen molar-refractivity contribution in [3.05, 3.63) is 155 Å². The van der Waals surface area contributed by atoms with Gasteiger partial charge in [0.2, 0.25) is 0 Å². The molecule has 0 unspecified atom stereocenters. The predicted molar refractivity (Wildman–Crippen MR) is 204 cm³/mol. The highest BCUT2D eigenvalue weighted by Crippen LogP contribution is 2.50. The third-order valence-corrected chi connectivity index (χ3v) is 10.1. The van der Waals surface area contributed by atoms with E-state index >= 15 is 0 Å². The minimum Gasteiger partial charge on any atom is -0.440 e. The van der Waals surface area contributed by atoms with E-state index in [-0.39, 0.29) is 18.3 Å². The van der Waals surface area contributed by atoms with Gasteiger partial charge < -0.3 is 34.7 Å². The number of nitrogens with two attached hydrogens (primary N) is 1. The fourth-order valence-electron chi connectivity index (χ4n) is 7.58. The zero-order valence-corrected chi connectivity index (χ0v) is 30.6. The van der Waals surface area contributed by atoms with Crippen molar-refractivity contribution >= 4 is 22.9 Å². The zero-order chi connectivity index (χ0) is 37.7. The molecule has 2 fully saturated rings. The predicted octanol–water partition coefficient (Wildman–Crippen LogP) is 6.38. The van der Waals surface area contributed by atoms with E-state index < -0.39 is 36.1 Å². The number of nitrogens with zero attached hydrogens (tertiary/aromatic N) is 4. The van der Waals surface area contributed by atoms with E-state index in [0.29, 0.717) is 34.6 Å². The molecule has 12 heteroatoms. The Balaban J connectivity index is 0.989. The van der Waals surface area contributed by atoms with Gasteiger partial charge in [-0.1, -0.05) is 103 Å². The number of fused-ring (bicyclic) bond motifs is 3. The number of amides is 1. The number of anilines is 1. The highest BCUT2D eigenvalue weighted by atomic mass is 16.8. The van der Waals surface area contributed by atoms with Crippen LogP contribution in [0, 0.1) is 6.92 Å². The molecule has 55 heavy (non-hydrogen) atoms. The molecule has 4 aromatic carbocycles. The van der Waals surface area contributed by atoms with Crippen molar-refractivity contribution in [2.45, 2.75) is 63.3 Å². The van der Waals surface area contributed by atoms with Crippen LogP contribution < -0.4 is 20.5 Å². The molecule has 3 aliphatic rings. The van der Waals surface area contributed by atoms with Gasteiger partial charge in [0.15, 0.2) is 35.0 Å². The van der Waals surface area contributed by atoms with Gasteiger partial charge in [-0.05, 0) is 50.5 Å². The van der Waals surface area contributed by atoms with E-state index in [0.717, 1.165) is 22.3 Å². The van der Waals surface area contributed by atoms with Crippen LogP contribution in [0.15, 0.2) is 122 Å². The second-order valence-electron chi connectivity index (χ2n) is 14.5. The summed E-state index contributed by atoms with van der Waals surface area (Å²) in [5.74, 6) is -1.27. The van der Waals surface area contributed by atoms with Crippen LogP contribution in [0.4, 0.5) is 5.82 Å². The Morgan fingerprint density at radius 2 is 1.58 bits per heavy atom. The lowest BCUT2D eigenvalue weighted by Crippen LogP contribution is -2.37. The third-order valence-electron chi connectivity index (χ3n) is 10.1. The third kappa shape index (κ3) is 6.37. The maximum Gasteiger partial charge on any atom is 0.305 e. The van der Waals surface area contributed by atoms with Crippen LogP contribution in [-0.4, -0.2) is 56.1 Å². The fourth-order valence-corrected chi connectivity index (χ4v) is 7.58. The zero-order valence-electron chi connectivity index (χ0n) is 30.6. The molecule has 0 spiro atoms. The summed E-state index contributed by atoms with van der Waals surface area (Å²) in [6.45, 7) is 6.02. The summed E-state index contributed by atoms with van der Waals surface area (Å²) < 4.78 is 34.5. The lowest BCUT2D eigenvalue weighted by molar-refractivity contribution is -0.191. The molecule has 0 bridgehead atoms. The van der Waals surface area contributed by atoms with E-state index in [1.54, 1.807) is 10.9 Å². The topological polar surface area (TPSA) is 145 Å². The molecule has 3 aliphatic heterocycles. The van der Waals surface area contributed by atoms with Gasteiger partial charge in [-0.3, -0.25) is 9.36 Å². The van der Waals surface area contributed by atoms with Gasteiger partial charge in [0.25, 0.3) is 5.91 Å². The first-order valence-electron chi connectivity index (χ1n) is 18.3. The number of nitrogens with one attached hydrogen (secondary N) is 1. The Hall–Kier alpha value is -6.08. The lowest BCUT2D eigenvalue weighted by atomic mass is 9.97. The maximum atomic E-state index is 14.2. The molecular formula is C43H40N6O6. The number of aryl methyl sites for hydroxylation is 1. The number of imidazole rings is 1. The molecule has 278 valence electrons. The van der Waals surface area contributed by atoms with Gasteiger partial charge in [-0.2, -0.15) is 0 Å². The second-order valence-corrected chi connectivity index (χ2v) is 14.5. The van der Waals surface area contributed by atoms with Gasteiger partial charge in [0, 0.05) is 17.7 Å². The highest BCUT2D eigenvalue weighted by Gasteiger charge is 2.55. The van der Waals surface area contributed by atoms with Gasteiger partial charge in [-0.15, -0.1) is 0 Å². The number of rotatable bonds is 9. The summed E-state index contributed by atoms with van der Waals surface area (Å²) in [5.41, 5.74) is 12.3. The van der Waals surface area contributed by atoms with Crippen LogP contribution in [0.3, 0.4) is 0 Å². The molecule has 3 N–H and O–H groups in total. The lowest BCUT2D eigenvalue weighted by Gasteiger charge is -2.28. The molecule has 2 aromatic heterocycles. The van der Waals surface area contributed by atoms with Crippen LogP contribution in [-0.2, 0) is 26.4 Å². The van der Waals surface area contributed by atoms with Crippen molar-refractivity contribution < 1.29 is 28.5 Å². The first-order chi connectivity index (χ1) is 26.7. The molecule has 0 radical (unpaired) electrons. The SMILES string of the molecule is Cc1ccc(Cc2cc3c(c(C(=O)NCC=C[C@H]4O[C@@H](n5cnc6c(N)ncnc65)[C@@H]5OC(C)(C)O[C@@H]54)c2)OC(c2ccccc2)(c2ccccc2)O3)cc1. The van der Waals surface area contributed by atoms with Gasteiger partial charge in [0.1, 0.15) is 30.2 Å². The largest absolute Gasteiger partial charge is 0.440 e. The number of hydrogen-bond donors (Lipinski definition) is 2. The van der Waals surface area contributed by atoms with Gasteiger partial charge >= 0.3 is 5.79 Å². The van der Waals surface area contributed by atoms with Crippen LogP contribution in [0.1, 0.15) is 58.3 Å². The summed E-state index contributed by atoms with van der Waals surface area (Å²) in [5, 5.41) is 3.07. The summed E-state index contributed by atoms with van der Waals surface area (Å²) in [6, 6.07) is 31.8. The molecule has 0 saturated carbocycles. The van der Waals surface area contributed by atoms with Crippen molar-refractivity contribution in [1.82, 2.24) is 24.8 Å². The molecule has 1 amide bonds. The van der Waals surface area contributed by atoms with E-state index in [1.165, 1.54) is 11.9 Å². The Morgan fingerprint density at radius 3 is 2.31 bits per heavy atom. The Morgan fingerprint density at radius 1 is 0.873 bits per heavy atom.